The highest BCUT2D eigenvalue weighted by Gasteiger charge is 2.23. The number of aromatic nitrogens is 1. The smallest absolute Gasteiger partial charge is 0.0640 e. The number of hydrogen-bond acceptors (Lipinski definition) is 2. The van der Waals surface area contributed by atoms with Crippen molar-refractivity contribution >= 4 is 81.1 Å². The monoisotopic (exact) mass is 642 g/mol. The summed E-state index contributed by atoms with van der Waals surface area (Å²) in [5, 5.41) is 7.58. The van der Waals surface area contributed by atoms with E-state index in [1.54, 1.807) is 0 Å². The van der Waals surface area contributed by atoms with Crippen LogP contribution in [-0.4, -0.2) is 4.57 Å². The molecule has 2 aromatic heterocycles. The summed E-state index contributed by atoms with van der Waals surface area (Å²) < 4.78 is 5.07. The van der Waals surface area contributed by atoms with Gasteiger partial charge in [-0.25, -0.2) is 0 Å². The number of fused-ring (bicyclic) bond motifs is 8. The Labute approximate surface area is 288 Å². The lowest BCUT2D eigenvalue weighted by atomic mass is 9.95. The van der Waals surface area contributed by atoms with Gasteiger partial charge in [0.2, 0.25) is 0 Å². The van der Waals surface area contributed by atoms with E-state index in [-0.39, 0.29) is 0 Å². The van der Waals surface area contributed by atoms with Crippen molar-refractivity contribution in [3.63, 3.8) is 0 Å². The van der Waals surface area contributed by atoms with Gasteiger partial charge in [-0.15, -0.1) is 11.3 Å². The van der Waals surface area contributed by atoms with Crippen molar-refractivity contribution in [3.8, 4) is 16.8 Å². The molecule has 0 amide bonds. The lowest BCUT2D eigenvalue weighted by molar-refractivity contribution is 1.18. The van der Waals surface area contributed by atoms with E-state index in [0.29, 0.717) is 0 Å². The lowest BCUT2D eigenvalue weighted by Crippen LogP contribution is -2.10. The molecule has 49 heavy (non-hydrogen) atoms. The first kappa shape index (κ1) is 27.9. The molecule has 0 fully saturated rings. The molecule has 8 aromatic carbocycles. The minimum absolute atomic E-state index is 1.12. The van der Waals surface area contributed by atoms with Crippen LogP contribution in [0.1, 0.15) is 0 Å². The number of hydrogen-bond donors (Lipinski definition) is 0. The third-order valence-corrected chi connectivity index (χ3v) is 10.9. The second kappa shape index (κ2) is 11.2. The van der Waals surface area contributed by atoms with Crippen LogP contribution in [0.3, 0.4) is 0 Å². The van der Waals surface area contributed by atoms with Crippen LogP contribution < -0.4 is 4.90 Å². The summed E-state index contributed by atoms with van der Waals surface area (Å²) in [4.78, 5) is 2.43. The maximum absolute atomic E-state index is 2.48. The molecule has 0 aliphatic heterocycles. The molecular formula is C46H30N2S. The molecule has 2 nitrogen and oxygen atoms in total. The van der Waals surface area contributed by atoms with Gasteiger partial charge in [0.05, 0.1) is 21.4 Å². The van der Waals surface area contributed by atoms with Crippen molar-refractivity contribution in [1.82, 2.24) is 4.57 Å². The van der Waals surface area contributed by atoms with E-state index in [1.165, 1.54) is 69.6 Å². The molecular weight excluding hydrogens is 613 g/mol. The van der Waals surface area contributed by atoms with Gasteiger partial charge in [0, 0.05) is 48.7 Å². The van der Waals surface area contributed by atoms with Crippen molar-refractivity contribution in [2.24, 2.45) is 0 Å². The second-order valence-electron chi connectivity index (χ2n) is 12.5. The first-order chi connectivity index (χ1) is 24.3. The summed E-state index contributed by atoms with van der Waals surface area (Å²) in [6.45, 7) is 0. The third-order valence-electron chi connectivity index (χ3n) is 9.73. The Morgan fingerprint density at radius 1 is 0.469 bits per heavy atom. The normalized spacial score (nSPS) is 11.7. The SMILES string of the molecule is c1ccc(-c2cc3ccccc3c3c2c2ccc(N(c4ccccc4)c4cccc5c4sc4ccccc45)cc2n3-c2ccccc2)cc1. The Kier molecular flexibility index (Phi) is 6.39. The maximum atomic E-state index is 2.48. The number of benzene rings is 8. The molecule has 230 valence electrons. The van der Waals surface area contributed by atoms with Crippen molar-refractivity contribution in [3.05, 3.63) is 182 Å². The molecule has 2 heterocycles. The fourth-order valence-corrected chi connectivity index (χ4v) is 8.82. The number of anilines is 3. The van der Waals surface area contributed by atoms with Gasteiger partial charge < -0.3 is 9.47 Å². The first-order valence-electron chi connectivity index (χ1n) is 16.7. The summed E-state index contributed by atoms with van der Waals surface area (Å²) in [5.41, 5.74) is 9.45. The molecule has 10 rings (SSSR count). The van der Waals surface area contributed by atoms with Crippen LogP contribution in [0.2, 0.25) is 0 Å². The van der Waals surface area contributed by atoms with Gasteiger partial charge in [0.25, 0.3) is 0 Å². The molecule has 0 bridgehead atoms. The molecule has 10 aromatic rings. The highest BCUT2D eigenvalue weighted by atomic mass is 32.1. The highest BCUT2D eigenvalue weighted by molar-refractivity contribution is 7.26. The molecule has 0 saturated heterocycles. The van der Waals surface area contributed by atoms with Crippen LogP contribution in [0.25, 0.3) is 69.6 Å². The molecule has 0 aliphatic rings. The van der Waals surface area contributed by atoms with Gasteiger partial charge in [-0.3, -0.25) is 0 Å². The Bertz CT molecular complexity index is 2810. The van der Waals surface area contributed by atoms with Crippen molar-refractivity contribution in [2.45, 2.75) is 0 Å². The van der Waals surface area contributed by atoms with Crippen LogP contribution >= 0.6 is 11.3 Å². The number of nitrogens with zero attached hydrogens (tertiary/aromatic N) is 2. The molecule has 0 atom stereocenters. The van der Waals surface area contributed by atoms with Crippen LogP contribution in [0.4, 0.5) is 17.1 Å². The molecule has 0 N–H and O–H groups in total. The predicted molar refractivity (Wildman–Crippen MR) is 211 cm³/mol. The Morgan fingerprint density at radius 3 is 1.96 bits per heavy atom. The van der Waals surface area contributed by atoms with Crippen molar-refractivity contribution in [2.75, 3.05) is 4.90 Å². The largest absolute Gasteiger partial charge is 0.309 e. The summed E-state index contributed by atoms with van der Waals surface area (Å²) >= 11 is 1.87. The third kappa shape index (κ3) is 4.40. The summed E-state index contributed by atoms with van der Waals surface area (Å²) in [6.07, 6.45) is 0. The van der Waals surface area contributed by atoms with Gasteiger partial charge in [0.1, 0.15) is 0 Å². The van der Waals surface area contributed by atoms with E-state index in [1.807, 2.05) is 11.3 Å². The summed E-state index contributed by atoms with van der Waals surface area (Å²) in [5.74, 6) is 0. The quantitative estimate of drug-likeness (QED) is 0.181. The zero-order valence-electron chi connectivity index (χ0n) is 26.6. The maximum Gasteiger partial charge on any atom is 0.0640 e. The number of thiophene rings is 1. The first-order valence-corrected chi connectivity index (χ1v) is 17.5. The zero-order valence-corrected chi connectivity index (χ0v) is 27.4. The van der Waals surface area contributed by atoms with Gasteiger partial charge >= 0.3 is 0 Å². The van der Waals surface area contributed by atoms with Gasteiger partial charge in [0.15, 0.2) is 0 Å². The van der Waals surface area contributed by atoms with Gasteiger partial charge in [-0.1, -0.05) is 127 Å². The minimum atomic E-state index is 1.12. The fraction of sp³-hybridized carbons (Fsp3) is 0. The minimum Gasteiger partial charge on any atom is -0.309 e. The Balaban J connectivity index is 1.33. The Morgan fingerprint density at radius 2 is 1.14 bits per heavy atom. The molecule has 3 heteroatoms. The lowest BCUT2D eigenvalue weighted by Gasteiger charge is -2.26. The van der Waals surface area contributed by atoms with E-state index < -0.39 is 0 Å². The average Bonchev–Trinajstić information content (AvgIpc) is 3.73. The number of para-hydroxylation sites is 2. The van der Waals surface area contributed by atoms with Crippen LogP contribution in [0.15, 0.2) is 182 Å². The standard InChI is InChI=1S/C46H30N2S/c1-4-15-31(16-5-1)40-29-32-17-10-11-22-36(32)45-44(40)39-28-27-35(30-42(39)48(45)34-20-8-3-9-21-34)47(33-18-6-2-7-19-33)41-25-14-24-38-37-23-12-13-26-43(37)49-46(38)41/h1-30H. The molecule has 0 saturated carbocycles. The molecule has 0 radical (unpaired) electrons. The van der Waals surface area contributed by atoms with E-state index >= 15 is 0 Å². The average molecular weight is 643 g/mol. The van der Waals surface area contributed by atoms with Gasteiger partial charge in [-0.05, 0) is 71.1 Å². The summed E-state index contributed by atoms with van der Waals surface area (Å²) in [7, 11) is 0. The second-order valence-corrected chi connectivity index (χ2v) is 13.6. The van der Waals surface area contributed by atoms with Crippen LogP contribution in [0.5, 0.6) is 0 Å². The Hall–Kier alpha value is -6.16. The van der Waals surface area contributed by atoms with Crippen molar-refractivity contribution in [1.29, 1.82) is 0 Å². The van der Waals surface area contributed by atoms with E-state index in [4.69, 9.17) is 0 Å². The van der Waals surface area contributed by atoms with Crippen molar-refractivity contribution < 1.29 is 0 Å². The van der Waals surface area contributed by atoms with E-state index in [2.05, 4.69) is 191 Å². The molecule has 0 aliphatic carbocycles. The highest BCUT2D eigenvalue weighted by Crippen LogP contribution is 2.47. The van der Waals surface area contributed by atoms with Gasteiger partial charge in [-0.2, -0.15) is 0 Å². The zero-order chi connectivity index (χ0) is 32.3. The van der Waals surface area contributed by atoms with E-state index in [0.717, 1.165) is 17.1 Å². The van der Waals surface area contributed by atoms with Crippen LogP contribution in [-0.2, 0) is 0 Å². The fourth-order valence-electron chi connectivity index (χ4n) is 7.61. The summed E-state index contributed by atoms with van der Waals surface area (Å²) in [6, 6.07) is 66.1. The predicted octanol–water partition coefficient (Wildman–Crippen LogP) is 13.4. The molecule has 0 spiro atoms. The number of rotatable bonds is 5. The molecule has 0 unspecified atom stereocenters. The van der Waals surface area contributed by atoms with E-state index in [9.17, 15) is 0 Å². The van der Waals surface area contributed by atoms with Crippen LogP contribution in [0, 0.1) is 0 Å². The topological polar surface area (TPSA) is 8.17 Å².